The van der Waals surface area contributed by atoms with E-state index in [4.69, 9.17) is 9.79 Å². The summed E-state index contributed by atoms with van der Waals surface area (Å²) in [7, 11) is -4.62. The van der Waals surface area contributed by atoms with Crippen LogP contribution in [-0.2, 0) is 13.9 Å². The van der Waals surface area contributed by atoms with Gasteiger partial charge in [-0.1, -0.05) is 12.2 Å². The van der Waals surface area contributed by atoms with Gasteiger partial charge in [-0.05, 0) is 12.5 Å². The first-order chi connectivity index (χ1) is 6.94. The quantitative estimate of drug-likeness (QED) is 0.564. The van der Waals surface area contributed by atoms with Crippen LogP contribution >= 0.6 is 7.82 Å². The summed E-state index contributed by atoms with van der Waals surface area (Å²) in [4.78, 5) is 28.6. The maximum absolute atomic E-state index is 11.4. The van der Waals surface area contributed by atoms with Crippen LogP contribution in [0.25, 0.3) is 0 Å². The first-order valence-corrected chi connectivity index (χ1v) is 5.76. The molecule has 0 aromatic heterocycles. The van der Waals surface area contributed by atoms with Gasteiger partial charge >= 0.3 is 7.82 Å². The Labute approximate surface area is 87.0 Å². The highest BCUT2D eigenvalue weighted by molar-refractivity contribution is 7.46. The summed E-state index contributed by atoms with van der Waals surface area (Å²) < 4.78 is 15.0. The number of phosphoric ester groups is 1. The van der Waals surface area contributed by atoms with Gasteiger partial charge in [0.15, 0.2) is 5.78 Å². The summed E-state index contributed by atoms with van der Waals surface area (Å²) in [5.74, 6) is -0.277. The third-order valence-electron chi connectivity index (χ3n) is 1.77. The fraction of sp³-hybridized carbons (Fsp3) is 0.222. The predicted octanol–water partition coefficient (Wildman–Crippen LogP) is 1.45. The molecule has 1 aliphatic carbocycles. The normalized spacial score (nSPS) is 16.8. The molecular weight excluding hydrogens is 219 g/mol. The Bertz CT molecular complexity index is 387. The van der Waals surface area contributed by atoms with Crippen LogP contribution in [0.2, 0.25) is 0 Å². The van der Waals surface area contributed by atoms with Crippen molar-refractivity contribution in [3.8, 4) is 0 Å². The molecule has 5 nitrogen and oxygen atoms in total. The number of rotatable bonds is 4. The third-order valence-corrected chi connectivity index (χ3v) is 2.21. The van der Waals surface area contributed by atoms with Crippen molar-refractivity contribution in [3.63, 3.8) is 0 Å². The van der Waals surface area contributed by atoms with E-state index < -0.39 is 7.82 Å². The summed E-state index contributed by atoms with van der Waals surface area (Å²) in [6.07, 6.45) is 4.82. The number of phosphoric acid groups is 1. The molecule has 2 N–H and O–H groups in total. The number of carbonyl (C=O) groups excluding carboxylic acids is 1. The molecule has 1 rings (SSSR count). The number of hydrogen-bond donors (Lipinski definition) is 2. The summed E-state index contributed by atoms with van der Waals surface area (Å²) in [6, 6.07) is 0. The van der Waals surface area contributed by atoms with Gasteiger partial charge in [0.2, 0.25) is 0 Å². The number of carbonyl (C=O) groups is 1. The molecule has 0 radical (unpaired) electrons. The average Bonchev–Trinajstić information content (AvgIpc) is 2.08. The first-order valence-electron chi connectivity index (χ1n) is 4.23. The number of hydrogen-bond acceptors (Lipinski definition) is 3. The molecule has 0 unspecified atom stereocenters. The second-order valence-corrected chi connectivity index (χ2v) is 4.11. The third kappa shape index (κ3) is 3.47. The lowest BCUT2D eigenvalue weighted by molar-refractivity contribution is -0.115. The molecule has 1 aliphatic rings. The molecule has 0 fully saturated rings. The SMILES string of the molecule is C=CCC1=C(OP(=O)(O)O)C=CCC1=O. The molecule has 15 heavy (non-hydrogen) atoms. The van der Waals surface area contributed by atoms with Gasteiger partial charge in [0, 0.05) is 12.0 Å². The zero-order valence-electron chi connectivity index (χ0n) is 7.92. The highest BCUT2D eigenvalue weighted by Crippen LogP contribution is 2.41. The smallest absolute Gasteiger partial charge is 0.404 e. The van der Waals surface area contributed by atoms with E-state index in [1.807, 2.05) is 0 Å². The molecule has 0 aliphatic heterocycles. The molecule has 0 aromatic carbocycles. The lowest BCUT2D eigenvalue weighted by Gasteiger charge is -2.14. The summed E-state index contributed by atoms with van der Waals surface area (Å²) in [5, 5.41) is 0. The second-order valence-electron chi connectivity index (χ2n) is 2.95. The minimum absolute atomic E-state index is 0.0699. The molecule has 0 atom stereocenters. The molecule has 0 heterocycles. The van der Waals surface area contributed by atoms with Crippen molar-refractivity contribution in [3.05, 3.63) is 36.1 Å². The Morgan fingerprint density at radius 1 is 1.60 bits per heavy atom. The van der Waals surface area contributed by atoms with Crippen LogP contribution in [0.15, 0.2) is 36.1 Å². The van der Waals surface area contributed by atoms with Crippen molar-refractivity contribution >= 4 is 13.6 Å². The maximum Gasteiger partial charge on any atom is 0.524 e. The Hall–Kier alpha value is -1.16. The van der Waals surface area contributed by atoms with Crippen LogP contribution in [0.3, 0.4) is 0 Å². The van der Waals surface area contributed by atoms with Crippen molar-refractivity contribution in [1.82, 2.24) is 0 Å². The van der Waals surface area contributed by atoms with Crippen LogP contribution in [0.1, 0.15) is 12.8 Å². The summed E-state index contributed by atoms with van der Waals surface area (Å²) in [5.41, 5.74) is 0.246. The fourth-order valence-corrected chi connectivity index (χ4v) is 1.63. The van der Waals surface area contributed by atoms with E-state index >= 15 is 0 Å². The number of allylic oxidation sites excluding steroid dienone is 4. The molecule has 0 saturated carbocycles. The van der Waals surface area contributed by atoms with Gasteiger partial charge in [-0.15, -0.1) is 6.58 Å². The van der Waals surface area contributed by atoms with Crippen LogP contribution < -0.4 is 0 Å². The van der Waals surface area contributed by atoms with Crippen molar-refractivity contribution in [2.24, 2.45) is 0 Å². The van der Waals surface area contributed by atoms with E-state index in [1.165, 1.54) is 18.2 Å². The lowest BCUT2D eigenvalue weighted by atomic mass is 9.99. The monoisotopic (exact) mass is 230 g/mol. The van der Waals surface area contributed by atoms with Crippen LogP contribution in [0.4, 0.5) is 0 Å². The Balaban J connectivity index is 3.02. The Kier molecular flexibility index (Phi) is 3.63. The van der Waals surface area contributed by atoms with E-state index in [-0.39, 0.29) is 30.0 Å². The van der Waals surface area contributed by atoms with E-state index in [0.29, 0.717) is 0 Å². The van der Waals surface area contributed by atoms with Gasteiger partial charge in [-0.3, -0.25) is 14.6 Å². The largest absolute Gasteiger partial charge is 0.524 e. The van der Waals surface area contributed by atoms with Gasteiger partial charge in [0.25, 0.3) is 0 Å². The summed E-state index contributed by atoms with van der Waals surface area (Å²) >= 11 is 0. The molecule has 82 valence electrons. The average molecular weight is 230 g/mol. The highest BCUT2D eigenvalue weighted by Gasteiger charge is 2.23. The second kappa shape index (κ2) is 4.57. The van der Waals surface area contributed by atoms with Crippen molar-refractivity contribution in [2.75, 3.05) is 0 Å². The molecule has 0 saturated heterocycles. The van der Waals surface area contributed by atoms with Crippen molar-refractivity contribution in [2.45, 2.75) is 12.8 Å². The zero-order chi connectivity index (χ0) is 11.5. The van der Waals surface area contributed by atoms with Gasteiger partial charge < -0.3 is 4.52 Å². The summed E-state index contributed by atoms with van der Waals surface area (Å²) in [6.45, 7) is 3.46. The number of ketones is 1. The van der Waals surface area contributed by atoms with E-state index in [0.717, 1.165) is 0 Å². The van der Waals surface area contributed by atoms with Gasteiger partial charge in [0.1, 0.15) is 5.76 Å². The molecule has 0 amide bonds. The maximum atomic E-state index is 11.4. The van der Waals surface area contributed by atoms with Crippen molar-refractivity contribution in [1.29, 1.82) is 0 Å². The van der Waals surface area contributed by atoms with Gasteiger partial charge in [-0.25, -0.2) is 4.57 Å². The minimum Gasteiger partial charge on any atom is -0.404 e. The molecule has 0 bridgehead atoms. The first kappa shape index (κ1) is 11.9. The van der Waals surface area contributed by atoms with Crippen LogP contribution in [0.5, 0.6) is 0 Å². The van der Waals surface area contributed by atoms with E-state index in [9.17, 15) is 9.36 Å². The fourth-order valence-electron chi connectivity index (χ4n) is 1.21. The minimum atomic E-state index is -4.62. The molecule has 0 aromatic rings. The van der Waals surface area contributed by atoms with Gasteiger partial charge in [-0.2, -0.15) is 0 Å². The number of Topliss-reactive ketones (excluding diaryl/α,β-unsaturated/α-hetero) is 1. The molecular formula is C9H11O5P. The van der Waals surface area contributed by atoms with Crippen LogP contribution in [0, 0.1) is 0 Å². The highest BCUT2D eigenvalue weighted by atomic mass is 31.2. The lowest BCUT2D eigenvalue weighted by Crippen LogP contribution is -2.09. The standard InChI is InChI=1S/C9H11O5P/c1-2-4-7-8(10)5-3-6-9(7)14-15(11,12)13/h2-3,6H,1,4-5H2,(H2,11,12,13). The zero-order valence-corrected chi connectivity index (χ0v) is 8.81. The van der Waals surface area contributed by atoms with E-state index in [1.54, 1.807) is 0 Å². The molecule has 6 heteroatoms. The Morgan fingerprint density at radius 3 is 2.80 bits per heavy atom. The van der Waals surface area contributed by atoms with Gasteiger partial charge in [0.05, 0.1) is 0 Å². The molecule has 0 spiro atoms. The predicted molar refractivity (Wildman–Crippen MR) is 53.7 cm³/mol. The van der Waals surface area contributed by atoms with Crippen LogP contribution in [-0.4, -0.2) is 15.6 Å². The topological polar surface area (TPSA) is 83.8 Å². The Morgan fingerprint density at radius 2 is 2.27 bits per heavy atom. The van der Waals surface area contributed by atoms with Crippen molar-refractivity contribution < 1.29 is 23.7 Å². The van der Waals surface area contributed by atoms with E-state index in [2.05, 4.69) is 11.1 Å².